The van der Waals surface area contributed by atoms with Crippen molar-refractivity contribution >= 4 is 50.7 Å². The molecule has 3 rings (SSSR count). The van der Waals surface area contributed by atoms with Gasteiger partial charge in [-0.3, -0.25) is 13.9 Å². The minimum Gasteiger partial charge on any atom is -0.497 e. The SMILES string of the molecule is COc1ccc(S(=O)(=O)N(CC(=O)N(Cc2cccc(Cl)c2)C(C)C(=O)NCC(C)C)c2cccc(Cl)c2)cc1. The van der Waals surface area contributed by atoms with Gasteiger partial charge in [-0.25, -0.2) is 8.42 Å². The van der Waals surface area contributed by atoms with Crippen molar-refractivity contribution in [3.8, 4) is 5.75 Å². The number of carbonyl (C=O) groups is 2. The molecule has 214 valence electrons. The van der Waals surface area contributed by atoms with Crippen LogP contribution in [0.4, 0.5) is 5.69 Å². The van der Waals surface area contributed by atoms with Crippen molar-refractivity contribution in [2.75, 3.05) is 24.5 Å². The molecular weight excluding hydrogens is 573 g/mol. The van der Waals surface area contributed by atoms with Crippen LogP contribution in [0.3, 0.4) is 0 Å². The van der Waals surface area contributed by atoms with Crippen LogP contribution in [0.5, 0.6) is 5.75 Å². The van der Waals surface area contributed by atoms with E-state index in [9.17, 15) is 18.0 Å². The number of anilines is 1. The predicted molar refractivity (Wildman–Crippen MR) is 158 cm³/mol. The Hall–Kier alpha value is -3.27. The molecular formula is C29H33Cl2N3O5S. The number of methoxy groups -OCH3 is 1. The van der Waals surface area contributed by atoms with Crippen LogP contribution in [-0.4, -0.2) is 51.4 Å². The highest BCUT2D eigenvalue weighted by Crippen LogP contribution is 2.28. The molecule has 3 aromatic carbocycles. The summed E-state index contributed by atoms with van der Waals surface area (Å²) < 4.78 is 33.9. The van der Waals surface area contributed by atoms with Crippen molar-refractivity contribution in [3.63, 3.8) is 0 Å². The van der Waals surface area contributed by atoms with Gasteiger partial charge in [0.05, 0.1) is 17.7 Å². The molecule has 3 aromatic rings. The second kappa shape index (κ2) is 13.9. The van der Waals surface area contributed by atoms with Crippen molar-refractivity contribution in [2.45, 2.75) is 38.3 Å². The van der Waals surface area contributed by atoms with Crippen molar-refractivity contribution in [3.05, 3.63) is 88.4 Å². The van der Waals surface area contributed by atoms with E-state index in [4.69, 9.17) is 27.9 Å². The molecule has 0 spiro atoms. The molecule has 0 fully saturated rings. The van der Waals surface area contributed by atoms with Gasteiger partial charge in [0.1, 0.15) is 18.3 Å². The second-order valence-corrected chi connectivity index (χ2v) is 12.4. The van der Waals surface area contributed by atoms with Gasteiger partial charge in [-0.1, -0.05) is 55.2 Å². The summed E-state index contributed by atoms with van der Waals surface area (Å²) in [5.41, 5.74) is 0.896. The van der Waals surface area contributed by atoms with Crippen molar-refractivity contribution in [1.82, 2.24) is 10.2 Å². The molecule has 0 aromatic heterocycles. The van der Waals surface area contributed by atoms with Gasteiger partial charge in [0.15, 0.2) is 0 Å². The topological polar surface area (TPSA) is 96.0 Å². The van der Waals surface area contributed by atoms with Crippen LogP contribution in [-0.2, 0) is 26.2 Å². The van der Waals surface area contributed by atoms with Crippen molar-refractivity contribution in [1.29, 1.82) is 0 Å². The first-order valence-electron chi connectivity index (χ1n) is 12.7. The molecule has 0 radical (unpaired) electrons. The van der Waals surface area contributed by atoms with E-state index >= 15 is 0 Å². The van der Waals surface area contributed by atoms with E-state index in [2.05, 4.69) is 5.32 Å². The molecule has 0 saturated heterocycles. The molecule has 0 saturated carbocycles. The number of halogens is 2. The summed E-state index contributed by atoms with van der Waals surface area (Å²) in [5.74, 6) is -0.236. The zero-order valence-corrected chi connectivity index (χ0v) is 25.1. The summed E-state index contributed by atoms with van der Waals surface area (Å²) in [5, 5.41) is 3.63. The lowest BCUT2D eigenvalue weighted by atomic mass is 10.1. The van der Waals surface area contributed by atoms with Crippen molar-refractivity contribution in [2.24, 2.45) is 5.92 Å². The number of hydrogen-bond donors (Lipinski definition) is 1. The minimum absolute atomic E-state index is 0.0369. The second-order valence-electron chi connectivity index (χ2n) is 9.63. The average Bonchev–Trinajstić information content (AvgIpc) is 2.92. The third kappa shape index (κ3) is 8.13. The highest BCUT2D eigenvalue weighted by Gasteiger charge is 2.32. The number of benzene rings is 3. The fourth-order valence-electron chi connectivity index (χ4n) is 3.90. The third-order valence-electron chi connectivity index (χ3n) is 6.12. The molecule has 1 unspecified atom stereocenters. The monoisotopic (exact) mass is 605 g/mol. The Morgan fingerprint density at radius 1 is 0.925 bits per heavy atom. The van der Waals surface area contributed by atoms with Gasteiger partial charge in [-0.15, -0.1) is 0 Å². The smallest absolute Gasteiger partial charge is 0.264 e. The molecule has 0 aliphatic rings. The number of hydrogen-bond acceptors (Lipinski definition) is 5. The Morgan fingerprint density at radius 3 is 2.12 bits per heavy atom. The highest BCUT2D eigenvalue weighted by atomic mass is 35.5. The Kier molecular flexibility index (Phi) is 10.8. The fourth-order valence-corrected chi connectivity index (χ4v) is 5.71. The summed E-state index contributed by atoms with van der Waals surface area (Å²) in [6.45, 7) is 5.45. The van der Waals surface area contributed by atoms with Gasteiger partial charge < -0.3 is 15.0 Å². The molecule has 11 heteroatoms. The summed E-state index contributed by atoms with van der Waals surface area (Å²) in [6.07, 6.45) is 0. The fraction of sp³-hybridized carbons (Fsp3) is 0.310. The van der Waals surface area contributed by atoms with Gasteiger partial charge in [0.2, 0.25) is 11.8 Å². The van der Waals surface area contributed by atoms with E-state index in [1.54, 1.807) is 49.4 Å². The van der Waals surface area contributed by atoms with E-state index in [1.807, 2.05) is 13.8 Å². The molecule has 40 heavy (non-hydrogen) atoms. The molecule has 0 aliphatic carbocycles. The minimum atomic E-state index is -4.22. The number of nitrogens with zero attached hydrogens (tertiary/aromatic N) is 2. The summed E-state index contributed by atoms with van der Waals surface area (Å²) in [7, 11) is -2.74. The van der Waals surface area contributed by atoms with Crippen molar-refractivity contribution < 1.29 is 22.7 Å². The van der Waals surface area contributed by atoms with Gasteiger partial charge in [0, 0.05) is 23.1 Å². The predicted octanol–water partition coefficient (Wildman–Crippen LogP) is 5.39. The van der Waals surface area contributed by atoms with E-state index in [1.165, 1.54) is 42.3 Å². The Bertz CT molecular complexity index is 1430. The van der Waals surface area contributed by atoms with Crippen LogP contribution in [0.15, 0.2) is 77.7 Å². The highest BCUT2D eigenvalue weighted by molar-refractivity contribution is 7.92. The third-order valence-corrected chi connectivity index (χ3v) is 8.37. The molecule has 0 heterocycles. The van der Waals surface area contributed by atoms with Crippen LogP contribution in [0.25, 0.3) is 0 Å². The van der Waals surface area contributed by atoms with Gasteiger partial charge in [-0.2, -0.15) is 0 Å². The first-order valence-corrected chi connectivity index (χ1v) is 14.9. The zero-order chi connectivity index (χ0) is 29.4. The molecule has 8 nitrogen and oxygen atoms in total. The van der Waals surface area contributed by atoms with Gasteiger partial charge >= 0.3 is 0 Å². The number of ether oxygens (including phenoxy) is 1. The number of amides is 2. The Balaban J connectivity index is 2.02. The first kappa shape index (κ1) is 31.3. The summed E-state index contributed by atoms with van der Waals surface area (Å²) in [4.78, 5) is 28.3. The number of sulfonamides is 1. The summed E-state index contributed by atoms with van der Waals surface area (Å²) >= 11 is 12.4. The van der Waals surface area contributed by atoms with E-state index in [0.29, 0.717) is 27.9 Å². The lowest BCUT2D eigenvalue weighted by molar-refractivity contribution is -0.139. The van der Waals surface area contributed by atoms with E-state index in [-0.39, 0.29) is 29.0 Å². The maximum Gasteiger partial charge on any atom is 0.264 e. The molecule has 1 N–H and O–H groups in total. The standard InChI is InChI=1S/C29H33Cl2N3O5S/c1-20(2)17-32-29(36)21(3)33(18-22-7-5-8-23(30)15-22)28(35)19-34(25-10-6-9-24(31)16-25)40(37,38)27-13-11-26(39-4)12-14-27/h5-16,20-21H,17-19H2,1-4H3,(H,32,36). The van der Waals surface area contributed by atoms with E-state index < -0.39 is 28.5 Å². The molecule has 2 amide bonds. The number of rotatable bonds is 12. The Labute approximate surface area is 245 Å². The van der Waals surface area contributed by atoms with Crippen LogP contribution in [0.1, 0.15) is 26.3 Å². The van der Waals surface area contributed by atoms with Gasteiger partial charge in [-0.05, 0) is 73.0 Å². The maximum atomic E-state index is 13.9. The molecule has 1 atom stereocenters. The quantitative estimate of drug-likeness (QED) is 0.299. The van der Waals surface area contributed by atoms with E-state index in [0.717, 1.165) is 4.31 Å². The number of carbonyl (C=O) groups excluding carboxylic acids is 2. The number of nitrogens with one attached hydrogen (secondary N) is 1. The van der Waals surface area contributed by atoms with Crippen LogP contribution < -0.4 is 14.4 Å². The lowest BCUT2D eigenvalue weighted by Crippen LogP contribution is -2.51. The normalized spacial score (nSPS) is 12.1. The summed E-state index contributed by atoms with van der Waals surface area (Å²) in [6, 6.07) is 18.1. The average molecular weight is 607 g/mol. The zero-order valence-electron chi connectivity index (χ0n) is 22.8. The Morgan fingerprint density at radius 2 is 1.55 bits per heavy atom. The lowest BCUT2D eigenvalue weighted by Gasteiger charge is -2.32. The molecule has 0 aliphatic heterocycles. The maximum absolute atomic E-state index is 13.9. The van der Waals surface area contributed by atoms with Crippen LogP contribution in [0.2, 0.25) is 10.0 Å². The van der Waals surface area contributed by atoms with Crippen LogP contribution >= 0.6 is 23.2 Å². The largest absolute Gasteiger partial charge is 0.497 e. The van der Waals surface area contributed by atoms with Gasteiger partial charge in [0.25, 0.3) is 10.0 Å². The first-order chi connectivity index (χ1) is 18.9. The molecule has 0 bridgehead atoms. The van der Waals surface area contributed by atoms with Crippen LogP contribution in [0, 0.1) is 5.92 Å².